The molecule has 6 nitrogen and oxygen atoms in total. The van der Waals surface area contributed by atoms with E-state index in [0.29, 0.717) is 11.4 Å². The van der Waals surface area contributed by atoms with Gasteiger partial charge in [-0.1, -0.05) is 18.2 Å². The number of halogens is 3. The molecule has 0 fully saturated rings. The molecule has 4 rings (SSSR count). The van der Waals surface area contributed by atoms with E-state index in [1.807, 2.05) is 49.7 Å². The first-order valence-corrected chi connectivity index (χ1v) is 10.1. The van der Waals surface area contributed by atoms with Crippen molar-refractivity contribution >= 4 is 16.6 Å². The molecule has 0 saturated carbocycles. The van der Waals surface area contributed by atoms with E-state index in [2.05, 4.69) is 20.6 Å². The fraction of sp³-hybridized carbons (Fsp3) is 0.261. The highest BCUT2D eigenvalue weighted by atomic mass is 19.4. The van der Waals surface area contributed by atoms with Crippen LogP contribution in [0.4, 0.5) is 19.0 Å². The van der Waals surface area contributed by atoms with Crippen LogP contribution in [0.25, 0.3) is 16.5 Å². The Morgan fingerprint density at radius 2 is 1.72 bits per heavy atom. The van der Waals surface area contributed by atoms with Crippen LogP contribution in [0.2, 0.25) is 0 Å². The van der Waals surface area contributed by atoms with Crippen LogP contribution in [0.1, 0.15) is 39.9 Å². The van der Waals surface area contributed by atoms with Crippen molar-refractivity contribution < 1.29 is 13.2 Å². The number of alkyl halides is 3. The zero-order valence-electron chi connectivity index (χ0n) is 18.1. The van der Waals surface area contributed by atoms with Gasteiger partial charge < -0.3 is 11.1 Å². The Bertz CT molecular complexity index is 1310. The van der Waals surface area contributed by atoms with E-state index in [0.717, 1.165) is 39.6 Å². The number of aryl methyl sites for hydroxylation is 3. The Kier molecular flexibility index (Phi) is 5.37. The van der Waals surface area contributed by atoms with Crippen LogP contribution in [-0.4, -0.2) is 20.0 Å². The second-order valence-corrected chi connectivity index (χ2v) is 7.84. The largest absolute Gasteiger partial charge is 0.416 e. The Hall–Kier alpha value is -3.46. The summed E-state index contributed by atoms with van der Waals surface area (Å²) in [6.07, 6.45) is -5.36. The SMILES string of the molecule is Cc1cc(C)n(-c2ccc3c(C)nnc(N[C@H](N)c4cccc(C(F)(F)F)c4C)c3c2)n1. The van der Waals surface area contributed by atoms with Gasteiger partial charge in [-0.3, -0.25) is 0 Å². The molecule has 0 radical (unpaired) electrons. The Morgan fingerprint density at radius 1 is 0.969 bits per heavy atom. The van der Waals surface area contributed by atoms with Gasteiger partial charge >= 0.3 is 6.18 Å². The van der Waals surface area contributed by atoms with Gasteiger partial charge in [0.25, 0.3) is 0 Å². The van der Waals surface area contributed by atoms with Gasteiger partial charge in [0.15, 0.2) is 5.82 Å². The molecule has 32 heavy (non-hydrogen) atoms. The first-order valence-electron chi connectivity index (χ1n) is 10.1. The lowest BCUT2D eigenvalue weighted by molar-refractivity contribution is -0.138. The molecular weight excluding hydrogens is 417 g/mol. The van der Waals surface area contributed by atoms with Gasteiger partial charge in [0, 0.05) is 16.5 Å². The van der Waals surface area contributed by atoms with Crippen molar-refractivity contribution in [2.45, 2.75) is 40.0 Å². The van der Waals surface area contributed by atoms with Crippen molar-refractivity contribution in [3.05, 3.63) is 76.2 Å². The van der Waals surface area contributed by atoms with Crippen LogP contribution in [0.5, 0.6) is 0 Å². The minimum Gasteiger partial charge on any atom is -0.349 e. The smallest absolute Gasteiger partial charge is 0.349 e. The molecule has 4 aromatic rings. The molecule has 0 bridgehead atoms. The summed E-state index contributed by atoms with van der Waals surface area (Å²) in [5, 5.41) is 17.6. The first kappa shape index (κ1) is 21.8. The minimum atomic E-state index is -4.45. The predicted molar refractivity (Wildman–Crippen MR) is 118 cm³/mol. The number of nitrogens with two attached hydrogens (primary N) is 1. The zero-order chi connectivity index (χ0) is 23.2. The van der Waals surface area contributed by atoms with Crippen LogP contribution < -0.4 is 11.1 Å². The standard InChI is InChI=1S/C23H23F3N6/c1-12-10-13(2)32(31-12)16-8-9-18-15(4)29-30-22(19(18)11-16)28-21(27)17-6-5-7-20(14(17)3)23(24,25)26/h5-11,21H,27H2,1-4H3,(H,28,30)/t21-/m0/s1. The number of anilines is 1. The van der Waals surface area contributed by atoms with E-state index in [-0.39, 0.29) is 5.56 Å². The summed E-state index contributed by atoms with van der Waals surface area (Å²) in [6, 6.07) is 11.7. The van der Waals surface area contributed by atoms with E-state index >= 15 is 0 Å². The Labute approximate surface area is 183 Å². The lowest BCUT2D eigenvalue weighted by Crippen LogP contribution is -2.23. The number of nitrogens with one attached hydrogen (secondary N) is 1. The van der Waals surface area contributed by atoms with Crippen molar-refractivity contribution in [2.75, 3.05) is 5.32 Å². The molecule has 3 N–H and O–H groups in total. The number of aromatic nitrogens is 4. The summed E-state index contributed by atoms with van der Waals surface area (Å²) in [5.41, 5.74) is 9.43. The van der Waals surface area contributed by atoms with Crippen molar-refractivity contribution in [1.29, 1.82) is 0 Å². The second kappa shape index (κ2) is 7.90. The average Bonchev–Trinajstić information content (AvgIpc) is 3.07. The summed E-state index contributed by atoms with van der Waals surface area (Å²) in [4.78, 5) is 0. The van der Waals surface area contributed by atoms with E-state index in [1.54, 1.807) is 6.07 Å². The maximum atomic E-state index is 13.3. The third kappa shape index (κ3) is 3.91. The Balaban J connectivity index is 1.77. The van der Waals surface area contributed by atoms with Crippen LogP contribution in [-0.2, 0) is 6.18 Å². The lowest BCUT2D eigenvalue weighted by atomic mass is 10.00. The highest BCUT2D eigenvalue weighted by Crippen LogP contribution is 2.35. The number of rotatable bonds is 4. The maximum Gasteiger partial charge on any atom is 0.416 e. The van der Waals surface area contributed by atoms with Crippen molar-refractivity contribution in [3.63, 3.8) is 0 Å². The molecule has 9 heteroatoms. The Morgan fingerprint density at radius 3 is 2.38 bits per heavy atom. The fourth-order valence-corrected chi connectivity index (χ4v) is 3.93. The van der Waals surface area contributed by atoms with Crippen LogP contribution in [0, 0.1) is 27.7 Å². The highest BCUT2D eigenvalue weighted by molar-refractivity contribution is 5.94. The maximum absolute atomic E-state index is 13.3. The molecular formula is C23H23F3N6. The highest BCUT2D eigenvalue weighted by Gasteiger charge is 2.33. The van der Waals surface area contributed by atoms with Crippen molar-refractivity contribution in [3.8, 4) is 5.69 Å². The van der Waals surface area contributed by atoms with Gasteiger partial charge in [0.2, 0.25) is 0 Å². The minimum absolute atomic E-state index is 0.0766. The van der Waals surface area contributed by atoms with Crippen molar-refractivity contribution in [2.24, 2.45) is 5.73 Å². The second-order valence-electron chi connectivity index (χ2n) is 7.84. The van der Waals surface area contributed by atoms with Crippen LogP contribution >= 0.6 is 0 Å². The van der Waals surface area contributed by atoms with E-state index in [9.17, 15) is 13.2 Å². The van der Waals surface area contributed by atoms with E-state index < -0.39 is 17.9 Å². The zero-order valence-corrected chi connectivity index (χ0v) is 18.1. The molecule has 2 heterocycles. The van der Waals surface area contributed by atoms with Gasteiger partial charge in [-0.15, -0.1) is 5.10 Å². The number of hydrogen-bond donors (Lipinski definition) is 2. The average molecular weight is 440 g/mol. The molecule has 0 aliphatic rings. The molecule has 0 aliphatic carbocycles. The summed E-state index contributed by atoms with van der Waals surface area (Å²) in [6.45, 7) is 7.15. The number of nitrogens with zero attached hydrogens (tertiary/aromatic N) is 4. The van der Waals surface area contributed by atoms with E-state index in [4.69, 9.17) is 5.73 Å². The van der Waals surface area contributed by atoms with Crippen molar-refractivity contribution in [1.82, 2.24) is 20.0 Å². The third-order valence-corrected chi connectivity index (χ3v) is 5.51. The summed E-state index contributed by atoms with van der Waals surface area (Å²) in [5.74, 6) is 0.387. The molecule has 2 aromatic carbocycles. The first-order chi connectivity index (χ1) is 15.1. The molecule has 1 atom stereocenters. The quantitative estimate of drug-likeness (QED) is 0.430. The molecule has 2 aromatic heterocycles. The topological polar surface area (TPSA) is 81.7 Å². The van der Waals surface area contributed by atoms with Gasteiger partial charge in [-0.2, -0.15) is 23.4 Å². The summed E-state index contributed by atoms with van der Waals surface area (Å²) < 4.78 is 41.8. The molecule has 0 spiro atoms. The van der Waals surface area contributed by atoms with Gasteiger partial charge in [-0.05, 0) is 63.1 Å². The monoisotopic (exact) mass is 440 g/mol. The summed E-state index contributed by atoms with van der Waals surface area (Å²) >= 11 is 0. The molecule has 166 valence electrons. The lowest BCUT2D eigenvalue weighted by Gasteiger charge is -2.21. The molecule has 0 saturated heterocycles. The van der Waals surface area contributed by atoms with Gasteiger partial charge in [-0.25, -0.2) is 4.68 Å². The van der Waals surface area contributed by atoms with E-state index in [1.165, 1.54) is 13.0 Å². The molecule has 0 aliphatic heterocycles. The summed E-state index contributed by atoms with van der Waals surface area (Å²) in [7, 11) is 0. The number of fused-ring (bicyclic) bond motifs is 1. The van der Waals surface area contributed by atoms with Gasteiger partial charge in [0.05, 0.1) is 22.6 Å². The van der Waals surface area contributed by atoms with Gasteiger partial charge in [0.1, 0.15) is 6.17 Å². The van der Waals surface area contributed by atoms with Crippen LogP contribution in [0.15, 0.2) is 42.5 Å². The molecule has 0 amide bonds. The third-order valence-electron chi connectivity index (χ3n) is 5.51. The predicted octanol–water partition coefficient (Wildman–Crippen LogP) is 5.14. The van der Waals surface area contributed by atoms with Crippen LogP contribution in [0.3, 0.4) is 0 Å². The normalized spacial score (nSPS) is 12.9. The number of hydrogen-bond acceptors (Lipinski definition) is 5. The number of benzene rings is 2. The fourth-order valence-electron chi connectivity index (χ4n) is 3.93. The molecule has 0 unspecified atom stereocenters.